The molecule has 1 amide bonds. The van der Waals surface area contributed by atoms with Crippen LogP contribution in [0.1, 0.15) is 30.6 Å². The standard InChI is InChI=1S/C22H26Cl2N4O5S/c1-13-8-14(2)10-27(9-13)34(31,32)28-11-15(12-29)33-18-6-7-19(25-21(18)28)26-22(30)20-16(23)4-3-5-17(20)24/h3-7,13-15,29H,8-12H2,1-2H3,(H,25,26,30)/t13-,14+,15-/m1/s1. The van der Waals surface area contributed by atoms with Crippen LogP contribution >= 0.6 is 23.2 Å². The number of ether oxygens (including phenoxy) is 1. The fourth-order valence-corrected chi connectivity index (χ4v) is 6.83. The Labute approximate surface area is 208 Å². The zero-order valence-corrected chi connectivity index (χ0v) is 21.1. The van der Waals surface area contributed by atoms with Gasteiger partial charge in [0.05, 0.1) is 28.8 Å². The van der Waals surface area contributed by atoms with Crippen LogP contribution < -0.4 is 14.4 Å². The third kappa shape index (κ3) is 4.96. The van der Waals surface area contributed by atoms with E-state index in [1.807, 2.05) is 13.8 Å². The number of piperidine rings is 1. The lowest BCUT2D eigenvalue weighted by atomic mass is 9.94. The lowest BCUT2D eigenvalue weighted by Gasteiger charge is -2.40. The molecule has 9 nitrogen and oxygen atoms in total. The minimum atomic E-state index is -3.96. The van der Waals surface area contributed by atoms with E-state index in [2.05, 4.69) is 10.3 Å². The average Bonchev–Trinajstić information content (AvgIpc) is 2.77. The Balaban J connectivity index is 1.68. The van der Waals surface area contributed by atoms with Crippen LogP contribution in [0, 0.1) is 11.8 Å². The highest BCUT2D eigenvalue weighted by Crippen LogP contribution is 2.37. The van der Waals surface area contributed by atoms with Gasteiger partial charge >= 0.3 is 10.2 Å². The number of nitrogens with one attached hydrogen (secondary N) is 1. The van der Waals surface area contributed by atoms with Crippen molar-refractivity contribution in [3.05, 3.63) is 45.9 Å². The van der Waals surface area contributed by atoms with Gasteiger partial charge in [-0.2, -0.15) is 12.7 Å². The normalized spacial score (nSPS) is 23.2. The van der Waals surface area contributed by atoms with E-state index in [1.165, 1.54) is 16.4 Å². The van der Waals surface area contributed by atoms with Gasteiger partial charge in [0.1, 0.15) is 11.9 Å². The molecule has 0 saturated carbocycles. The van der Waals surface area contributed by atoms with E-state index >= 15 is 0 Å². The van der Waals surface area contributed by atoms with Gasteiger partial charge in [0.25, 0.3) is 5.91 Å². The molecule has 12 heteroatoms. The van der Waals surface area contributed by atoms with Crippen molar-refractivity contribution in [1.82, 2.24) is 9.29 Å². The summed E-state index contributed by atoms with van der Waals surface area (Å²) in [4.78, 5) is 17.2. The molecule has 1 aromatic carbocycles. The minimum absolute atomic E-state index is 0.0404. The quantitative estimate of drug-likeness (QED) is 0.614. The van der Waals surface area contributed by atoms with Crippen LogP contribution in [-0.4, -0.2) is 61.1 Å². The van der Waals surface area contributed by atoms with Gasteiger partial charge in [-0.1, -0.05) is 43.1 Å². The average molecular weight is 529 g/mol. The lowest BCUT2D eigenvalue weighted by molar-refractivity contribution is 0.102. The van der Waals surface area contributed by atoms with Gasteiger partial charge in [-0.3, -0.25) is 4.79 Å². The summed E-state index contributed by atoms with van der Waals surface area (Å²) in [7, 11) is -3.96. The summed E-state index contributed by atoms with van der Waals surface area (Å²) >= 11 is 12.3. The molecule has 2 aromatic rings. The second kappa shape index (κ2) is 9.87. The van der Waals surface area contributed by atoms with E-state index in [9.17, 15) is 18.3 Å². The Morgan fingerprint density at radius 2 is 1.79 bits per heavy atom. The first-order chi connectivity index (χ1) is 16.1. The highest BCUT2D eigenvalue weighted by Gasteiger charge is 2.40. The van der Waals surface area contributed by atoms with Crippen molar-refractivity contribution in [1.29, 1.82) is 0 Å². The number of hydrogen-bond donors (Lipinski definition) is 2. The van der Waals surface area contributed by atoms with Crippen LogP contribution in [-0.2, 0) is 10.2 Å². The van der Waals surface area contributed by atoms with E-state index in [-0.39, 0.29) is 58.0 Å². The molecule has 3 heterocycles. The molecular weight excluding hydrogens is 503 g/mol. The third-order valence-corrected chi connectivity index (χ3v) is 8.27. The van der Waals surface area contributed by atoms with Gasteiger partial charge in [0, 0.05) is 13.1 Å². The Morgan fingerprint density at radius 1 is 1.15 bits per heavy atom. The predicted molar refractivity (Wildman–Crippen MR) is 131 cm³/mol. The number of anilines is 2. The minimum Gasteiger partial charge on any atom is -0.482 e. The molecule has 2 N–H and O–H groups in total. The Kier molecular flexibility index (Phi) is 7.25. The first-order valence-electron chi connectivity index (χ1n) is 10.9. The molecule has 34 heavy (non-hydrogen) atoms. The van der Waals surface area contributed by atoms with Crippen molar-refractivity contribution in [3.63, 3.8) is 0 Å². The van der Waals surface area contributed by atoms with Gasteiger partial charge in [-0.05, 0) is 42.5 Å². The fourth-order valence-electron chi connectivity index (χ4n) is 4.39. The highest BCUT2D eigenvalue weighted by atomic mass is 35.5. The molecule has 0 bridgehead atoms. The van der Waals surface area contributed by atoms with Crippen LogP contribution in [0.15, 0.2) is 30.3 Å². The third-order valence-electron chi connectivity index (χ3n) is 5.81. The molecule has 2 aliphatic heterocycles. The first kappa shape index (κ1) is 25.0. The lowest BCUT2D eigenvalue weighted by Crippen LogP contribution is -2.54. The van der Waals surface area contributed by atoms with Crippen molar-refractivity contribution in [2.24, 2.45) is 11.8 Å². The summed E-state index contributed by atoms with van der Waals surface area (Å²) in [5.74, 6) is 0.185. The van der Waals surface area contributed by atoms with Crippen molar-refractivity contribution >= 4 is 51.0 Å². The number of nitrogens with zero attached hydrogens (tertiary/aromatic N) is 3. The number of fused-ring (bicyclic) bond motifs is 1. The highest BCUT2D eigenvalue weighted by molar-refractivity contribution is 7.90. The number of aliphatic hydroxyl groups is 1. The summed E-state index contributed by atoms with van der Waals surface area (Å²) in [5, 5.41) is 12.7. The maximum atomic E-state index is 13.7. The summed E-state index contributed by atoms with van der Waals surface area (Å²) in [5.41, 5.74) is 0.0859. The Morgan fingerprint density at radius 3 is 2.41 bits per heavy atom. The number of hydrogen-bond acceptors (Lipinski definition) is 6. The second-order valence-corrected chi connectivity index (χ2v) is 11.5. The maximum Gasteiger partial charge on any atom is 0.305 e. The summed E-state index contributed by atoms with van der Waals surface area (Å²) < 4.78 is 35.6. The Hall–Kier alpha value is -2.11. The van der Waals surface area contributed by atoms with E-state index in [0.717, 1.165) is 10.7 Å². The van der Waals surface area contributed by atoms with Crippen LogP contribution in [0.25, 0.3) is 0 Å². The molecule has 1 fully saturated rings. The number of amides is 1. The molecule has 0 unspecified atom stereocenters. The van der Waals surface area contributed by atoms with E-state index in [1.54, 1.807) is 18.2 Å². The van der Waals surface area contributed by atoms with Crippen LogP contribution in [0.3, 0.4) is 0 Å². The fraction of sp³-hybridized carbons (Fsp3) is 0.455. The van der Waals surface area contributed by atoms with Gasteiger partial charge in [-0.15, -0.1) is 0 Å². The molecular formula is C22H26Cl2N4O5S. The topological polar surface area (TPSA) is 112 Å². The number of pyridine rings is 1. The molecule has 3 atom stereocenters. The largest absolute Gasteiger partial charge is 0.482 e. The number of aliphatic hydroxyl groups excluding tert-OH is 1. The second-order valence-electron chi connectivity index (χ2n) is 8.79. The van der Waals surface area contributed by atoms with Crippen LogP contribution in [0.4, 0.5) is 11.6 Å². The molecule has 184 valence electrons. The number of halogens is 2. The molecule has 0 aliphatic carbocycles. The first-order valence-corrected chi connectivity index (χ1v) is 13.1. The van der Waals surface area contributed by atoms with Gasteiger partial charge in [0.2, 0.25) is 0 Å². The number of carbonyl (C=O) groups is 1. The van der Waals surface area contributed by atoms with Crippen molar-refractivity contribution in [2.75, 3.05) is 35.9 Å². The summed E-state index contributed by atoms with van der Waals surface area (Å²) in [6, 6.07) is 7.70. The zero-order valence-electron chi connectivity index (χ0n) is 18.7. The molecule has 4 rings (SSSR count). The smallest absolute Gasteiger partial charge is 0.305 e. The van der Waals surface area contributed by atoms with Gasteiger partial charge in [-0.25, -0.2) is 9.29 Å². The van der Waals surface area contributed by atoms with Crippen LogP contribution in [0.2, 0.25) is 10.0 Å². The van der Waals surface area contributed by atoms with Gasteiger partial charge in [0.15, 0.2) is 11.6 Å². The van der Waals surface area contributed by atoms with Gasteiger partial charge < -0.3 is 15.2 Å². The number of benzene rings is 1. The molecule has 1 saturated heterocycles. The predicted octanol–water partition coefficient (Wildman–Crippen LogP) is 3.42. The molecule has 1 aromatic heterocycles. The molecule has 0 spiro atoms. The monoisotopic (exact) mass is 528 g/mol. The van der Waals surface area contributed by atoms with E-state index < -0.39 is 22.2 Å². The van der Waals surface area contributed by atoms with Crippen LogP contribution in [0.5, 0.6) is 5.75 Å². The van der Waals surface area contributed by atoms with Crippen molar-refractivity contribution in [2.45, 2.75) is 26.4 Å². The number of aromatic nitrogens is 1. The molecule has 2 aliphatic rings. The summed E-state index contributed by atoms with van der Waals surface area (Å²) in [6.45, 7) is 4.37. The number of carbonyl (C=O) groups excluding carboxylic acids is 1. The number of rotatable bonds is 5. The van der Waals surface area contributed by atoms with Crippen molar-refractivity contribution < 1.29 is 23.1 Å². The maximum absolute atomic E-state index is 13.7. The molecule has 0 radical (unpaired) electrons. The summed E-state index contributed by atoms with van der Waals surface area (Å²) in [6.07, 6.45) is 0.204. The van der Waals surface area contributed by atoms with E-state index in [4.69, 9.17) is 27.9 Å². The Bertz CT molecular complexity index is 1170. The SMILES string of the molecule is C[C@@H]1C[C@H](C)CN(S(=O)(=O)N2C[C@H](CO)Oc3ccc(NC(=O)c4c(Cl)cccc4Cl)nc32)C1. The van der Waals surface area contributed by atoms with E-state index in [0.29, 0.717) is 13.1 Å². The zero-order chi connectivity index (χ0) is 24.6. The van der Waals surface area contributed by atoms with Crippen molar-refractivity contribution in [3.8, 4) is 5.75 Å².